The number of carboxylic acids is 1. The van der Waals surface area contributed by atoms with E-state index in [2.05, 4.69) is 0 Å². The molecule has 98 valence electrons. The van der Waals surface area contributed by atoms with Crippen molar-refractivity contribution in [3.05, 3.63) is 34.3 Å². The van der Waals surface area contributed by atoms with Gasteiger partial charge < -0.3 is 5.11 Å². The smallest absolute Gasteiger partial charge is 0.314 e. The fourth-order valence-corrected chi connectivity index (χ4v) is 3.01. The third kappa shape index (κ3) is 1.99. The summed E-state index contributed by atoms with van der Waals surface area (Å²) in [6, 6.07) is 4.37. The molecule has 1 aromatic rings. The van der Waals surface area contributed by atoms with E-state index in [9.17, 15) is 18.7 Å². The molecule has 0 unspecified atom stereocenters. The van der Waals surface area contributed by atoms with Crippen molar-refractivity contribution in [2.24, 2.45) is 0 Å². The van der Waals surface area contributed by atoms with Crippen molar-refractivity contribution >= 4 is 17.6 Å². The Balaban J connectivity index is 2.62. The normalized spacial score (nSPS) is 18.2. The van der Waals surface area contributed by atoms with Gasteiger partial charge in [0, 0.05) is 10.6 Å². The van der Waals surface area contributed by atoms with Crippen LogP contribution in [0.5, 0.6) is 0 Å². The Labute approximate surface area is 109 Å². The van der Waals surface area contributed by atoms with E-state index < -0.39 is 17.8 Å². The van der Waals surface area contributed by atoms with Crippen LogP contribution in [0, 0.1) is 0 Å². The lowest BCUT2D eigenvalue weighted by Gasteiger charge is -2.27. The molecule has 1 N–H and O–H groups in total. The largest absolute Gasteiger partial charge is 0.481 e. The van der Waals surface area contributed by atoms with E-state index in [1.54, 1.807) is 0 Å². The lowest BCUT2D eigenvalue weighted by Crippen LogP contribution is -2.33. The van der Waals surface area contributed by atoms with E-state index in [0.29, 0.717) is 12.8 Å². The minimum absolute atomic E-state index is 0.0602. The summed E-state index contributed by atoms with van der Waals surface area (Å²) in [4.78, 5) is 11.5. The highest BCUT2D eigenvalue weighted by Gasteiger charge is 2.45. The Morgan fingerprint density at radius 2 is 1.94 bits per heavy atom. The highest BCUT2D eigenvalue weighted by atomic mass is 35.5. The lowest BCUT2D eigenvalue weighted by atomic mass is 9.76. The third-order valence-electron chi connectivity index (χ3n) is 3.65. The van der Waals surface area contributed by atoms with Crippen LogP contribution in [-0.2, 0) is 10.2 Å². The maximum atomic E-state index is 13.1. The third-order valence-corrected chi connectivity index (χ3v) is 3.98. The van der Waals surface area contributed by atoms with E-state index in [0.717, 1.165) is 12.8 Å². The van der Waals surface area contributed by atoms with Crippen LogP contribution < -0.4 is 0 Å². The highest BCUT2D eigenvalue weighted by Crippen LogP contribution is 2.46. The number of carbonyl (C=O) groups is 1. The summed E-state index contributed by atoms with van der Waals surface area (Å²) in [5.41, 5.74) is -1.35. The zero-order valence-electron chi connectivity index (χ0n) is 9.63. The molecule has 0 heterocycles. The molecule has 1 aliphatic carbocycles. The van der Waals surface area contributed by atoms with Gasteiger partial charge >= 0.3 is 5.97 Å². The Morgan fingerprint density at radius 3 is 2.44 bits per heavy atom. The molecule has 0 atom stereocenters. The van der Waals surface area contributed by atoms with Gasteiger partial charge in [0.2, 0.25) is 0 Å². The van der Waals surface area contributed by atoms with E-state index in [1.165, 1.54) is 18.2 Å². The van der Waals surface area contributed by atoms with Crippen LogP contribution in [0.1, 0.15) is 43.2 Å². The van der Waals surface area contributed by atoms with Crippen molar-refractivity contribution in [3.8, 4) is 0 Å². The molecule has 0 spiro atoms. The number of aliphatic carboxylic acids is 1. The molecular weight excluding hydrogens is 262 g/mol. The van der Waals surface area contributed by atoms with Gasteiger partial charge in [0.25, 0.3) is 6.43 Å². The number of benzene rings is 1. The Morgan fingerprint density at radius 1 is 1.33 bits per heavy atom. The van der Waals surface area contributed by atoms with Gasteiger partial charge in [-0.1, -0.05) is 36.6 Å². The molecule has 0 aromatic heterocycles. The molecule has 0 saturated heterocycles. The summed E-state index contributed by atoms with van der Waals surface area (Å²) < 4.78 is 26.2. The first-order valence-electron chi connectivity index (χ1n) is 5.79. The fourth-order valence-electron chi connectivity index (χ4n) is 2.75. The molecule has 0 radical (unpaired) electrons. The molecule has 2 nitrogen and oxygen atoms in total. The van der Waals surface area contributed by atoms with Crippen molar-refractivity contribution in [2.75, 3.05) is 0 Å². The van der Waals surface area contributed by atoms with Gasteiger partial charge in [0.15, 0.2) is 0 Å². The number of hydrogen-bond donors (Lipinski definition) is 1. The molecular formula is C13H13ClF2O2. The van der Waals surface area contributed by atoms with Crippen LogP contribution in [0.15, 0.2) is 18.2 Å². The summed E-state index contributed by atoms with van der Waals surface area (Å²) in [5.74, 6) is -1.04. The number of hydrogen-bond acceptors (Lipinski definition) is 1. The van der Waals surface area contributed by atoms with Crippen molar-refractivity contribution < 1.29 is 18.7 Å². The first-order valence-corrected chi connectivity index (χ1v) is 6.17. The summed E-state index contributed by atoms with van der Waals surface area (Å²) in [7, 11) is 0. The SMILES string of the molecule is O=C(O)C1(c2cccc(Cl)c2C(F)F)CCCC1. The van der Waals surface area contributed by atoms with Gasteiger partial charge in [-0.05, 0) is 24.5 Å². The molecule has 1 aliphatic rings. The van der Waals surface area contributed by atoms with E-state index >= 15 is 0 Å². The van der Waals surface area contributed by atoms with Gasteiger partial charge in [0.1, 0.15) is 0 Å². The second-order valence-corrected chi connectivity index (χ2v) is 5.00. The summed E-state index contributed by atoms with van der Waals surface area (Å²) in [6.07, 6.45) is -0.501. The maximum absolute atomic E-state index is 13.1. The zero-order valence-corrected chi connectivity index (χ0v) is 10.4. The Kier molecular flexibility index (Phi) is 3.57. The van der Waals surface area contributed by atoms with Crippen molar-refractivity contribution in [3.63, 3.8) is 0 Å². The van der Waals surface area contributed by atoms with Crippen LogP contribution in [0.2, 0.25) is 5.02 Å². The summed E-state index contributed by atoms with van der Waals surface area (Å²) in [5, 5.41) is 9.37. The standard InChI is InChI=1S/C13H13ClF2O2/c14-9-5-3-4-8(10(9)11(15)16)13(12(17)18)6-1-2-7-13/h3-5,11H,1-2,6-7H2,(H,17,18). The predicted octanol–water partition coefficient (Wildman–Crippen LogP) is 4.17. The quantitative estimate of drug-likeness (QED) is 0.898. The van der Waals surface area contributed by atoms with Crippen molar-refractivity contribution in [2.45, 2.75) is 37.5 Å². The molecule has 1 saturated carbocycles. The maximum Gasteiger partial charge on any atom is 0.314 e. The molecule has 0 aliphatic heterocycles. The van der Waals surface area contributed by atoms with Crippen LogP contribution in [0.4, 0.5) is 8.78 Å². The number of carboxylic acid groups (broad SMARTS) is 1. The van der Waals surface area contributed by atoms with Gasteiger partial charge in [0.05, 0.1) is 5.41 Å². The van der Waals surface area contributed by atoms with E-state index in [4.69, 9.17) is 11.6 Å². The molecule has 18 heavy (non-hydrogen) atoms. The summed E-state index contributed by atoms with van der Waals surface area (Å²) >= 11 is 5.80. The Hall–Kier alpha value is -1.16. The zero-order chi connectivity index (χ0) is 13.3. The highest BCUT2D eigenvalue weighted by molar-refractivity contribution is 6.31. The van der Waals surface area contributed by atoms with Gasteiger partial charge in [-0.2, -0.15) is 0 Å². The van der Waals surface area contributed by atoms with E-state index in [1.807, 2.05) is 0 Å². The number of rotatable bonds is 3. The van der Waals surface area contributed by atoms with Gasteiger partial charge in [-0.3, -0.25) is 4.79 Å². The topological polar surface area (TPSA) is 37.3 Å². The lowest BCUT2D eigenvalue weighted by molar-refractivity contribution is -0.143. The van der Waals surface area contributed by atoms with Crippen LogP contribution in [0.3, 0.4) is 0 Å². The first-order chi connectivity index (χ1) is 8.49. The molecule has 5 heteroatoms. The average molecular weight is 275 g/mol. The van der Waals surface area contributed by atoms with E-state index in [-0.39, 0.29) is 16.1 Å². The minimum atomic E-state index is -2.76. The number of alkyl halides is 2. The molecule has 0 bridgehead atoms. The molecule has 1 fully saturated rings. The van der Waals surface area contributed by atoms with Crippen molar-refractivity contribution in [1.29, 1.82) is 0 Å². The van der Waals surface area contributed by atoms with Crippen LogP contribution >= 0.6 is 11.6 Å². The Bertz CT molecular complexity index is 468. The first kappa shape index (κ1) is 13.3. The second kappa shape index (κ2) is 4.84. The van der Waals surface area contributed by atoms with Crippen LogP contribution in [0.25, 0.3) is 0 Å². The van der Waals surface area contributed by atoms with Gasteiger partial charge in [-0.15, -0.1) is 0 Å². The number of halogens is 3. The molecule has 1 aromatic carbocycles. The molecule has 2 rings (SSSR count). The second-order valence-electron chi connectivity index (χ2n) is 4.60. The van der Waals surface area contributed by atoms with Gasteiger partial charge in [-0.25, -0.2) is 8.78 Å². The van der Waals surface area contributed by atoms with Crippen LogP contribution in [-0.4, -0.2) is 11.1 Å². The fraction of sp³-hybridized carbons (Fsp3) is 0.462. The molecule has 0 amide bonds. The predicted molar refractivity (Wildman–Crippen MR) is 64.2 cm³/mol. The average Bonchev–Trinajstić information content (AvgIpc) is 2.78. The summed E-state index contributed by atoms with van der Waals surface area (Å²) in [6.45, 7) is 0. The van der Waals surface area contributed by atoms with Crippen molar-refractivity contribution in [1.82, 2.24) is 0 Å². The monoisotopic (exact) mass is 274 g/mol. The minimum Gasteiger partial charge on any atom is -0.481 e.